The minimum Gasteiger partial charge on any atom is -0.462 e. The Morgan fingerprint density at radius 1 is 0.759 bits per heavy atom. The standard InChI is InChI=1S/C17H24O12/c1-7(18)24-6-12(25-8(2)19)13-14(26-9(3)20)15(27-10(4)21)16(17(23)29-13)28-11(5)22/h12-17,23H,6H2,1-5H3/t12-,13-,14+,15-,16-,17-/m1/s1. The molecule has 12 heteroatoms. The number of aliphatic hydroxyl groups excluding tert-OH is 1. The van der Waals surface area contributed by atoms with Crippen molar-refractivity contribution in [3.8, 4) is 0 Å². The van der Waals surface area contributed by atoms with Gasteiger partial charge in [0.1, 0.15) is 12.7 Å². The van der Waals surface area contributed by atoms with Crippen LogP contribution in [-0.2, 0) is 52.4 Å². The molecule has 1 aliphatic rings. The third-order valence-electron chi connectivity index (χ3n) is 3.59. The van der Waals surface area contributed by atoms with Gasteiger partial charge in [-0.1, -0.05) is 0 Å². The zero-order valence-corrected chi connectivity index (χ0v) is 16.6. The first-order valence-electron chi connectivity index (χ1n) is 8.58. The van der Waals surface area contributed by atoms with E-state index in [1.807, 2.05) is 0 Å². The van der Waals surface area contributed by atoms with Crippen molar-refractivity contribution < 1.29 is 57.5 Å². The predicted molar refractivity (Wildman–Crippen MR) is 89.7 cm³/mol. The Morgan fingerprint density at radius 3 is 1.69 bits per heavy atom. The van der Waals surface area contributed by atoms with E-state index in [-0.39, 0.29) is 0 Å². The monoisotopic (exact) mass is 420 g/mol. The Bertz CT molecular complexity index is 644. The van der Waals surface area contributed by atoms with Crippen molar-refractivity contribution in [2.24, 2.45) is 0 Å². The first-order chi connectivity index (χ1) is 13.4. The van der Waals surface area contributed by atoms with Crippen LogP contribution in [0, 0.1) is 0 Å². The molecule has 0 aromatic heterocycles. The first-order valence-corrected chi connectivity index (χ1v) is 8.58. The number of esters is 5. The molecule has 6 atom stereocenters. The lowest BCUT2D eigenvalue weighted by Crippen LogP contribution is -2.64. The van der Waals surface area contributed by atoms with Gasteiger partial charge in [0.05, 0.1) is 0 Å². The van der Waals surface area contributed by atoms with Crippen LogP contribution in [0.2, 0.25) is 0 Å². The zero-order valence-electron chi connectivity index (χ0n) is 16.6. The summed E-state index contributed by atoms with van der Waals surface area (Å²) in [5.74, 6) is -3.97. The summed E-state index contributed by atoms with van der Waals surface area (Å²) in [7, 11) is 0. The van der Waals surface area contributed by atoms with Gasteiger partial charge in [-0.2, -0.15) is 0 Å². The molecule has 164 valence electrons. The summed E-state index contributed by atoms with van der Waals surface area (Å²) in [6, 6.07) is 0. The van der Waals surface area contributed by atoms with Crippen molar-refractivity contribution >= 4 is 29.8 Å². The second-order valence-corrected chi connectivity index (χ2v) is 6.16. The third-order valence-corrected chi connectivity index (χ3v) is 3.59. The maximum absolute atomic E-state index is 11.6. The van der Waals surface area contributed by atoms with E-state index in [4.69, 9.17) is 28.4 Å². The van der Waals surface area contributed by atoms with Gasteiger partial charge in [0.25, 0.3) is 0 Å². The molecule has 0 bridgehead atoms. The zero-order chi connectivity index (χ0) is 22.3. The molecule has 0 aromatic carbocycles. The van der Waals surface area contributed by atoms with E-state index in [0.29, 0.717) is 0 Å². The van der Waals surface area contributed by atoms with Gasteiger partial charge in [0.15, 0.2) is 30.7 Å². The van der Waals surface area contributed by atoms with Gasteiger partial charge in [0.2, 0.25) is 0 Å². The van der Waals surface area contributed by atoms with E-state index in [0.717, 1.165) is 34.6 Å². The van der Waals surface area contributed by atoms with Crippen molar-refractivity contribution in [3.05, 3.63) is 0 Å². The van der Waals surface area contributed by atoms with Gasteiger partial charge in [0, 0.05) is 34.6 Å². The normalized spacial score (nSPS) is 27.2. The lowest BCUT2D eigenvalue weighted by atomic mass is 9.94. The quantitative estimate of drug-likeness (QED) is 0.395. The fraction of sp³-hybridized carbons (Fsp3) is 0.706. The summed E-state index contributed by atoms with van der Waals surface area (Å²) in [6.45, 7) is 4.84. The second-order valence-electron chi connectivity index (χ2n) is 6.16. The molecule has 1 saturated heterocycles. The Kier molecular flexibility index (Phi) is 8.98. The van der Waals surface area contributed by atoms with Gasteiger partial charge < -0.3 is 33.5 Å². The predicted octanol–water partition coefficient (Wildman–Crippen LogP) is -1.01. The maximum Gasteiger partial charge on any atom is 0.303 e. The number of ether oxygens (including phenoxy) is 6. The highest BCUT2D eigenvalue weighted by molar-refractivity contribution is 5.69. The highest BCUT2D eigenvalue weighted by atomic mass is 16.7. The molecule has 12 nitrogen and oxygen atoms in total. The van der Waals surface area contributed by atoms with Gasteiger partial charge in [-0.3, -0.25) is 24.0 Å². The number of carbonyl (C=O) groups excluding carboxylic acids is 5. The average molecular weight is 420 g/mol. The molecular formula is C17H24O12. The summed E-state index contributed by atoms with van der Waals surface area (Å²) < 4.78 is 30.5. The van der Waals surface area contributed by atoms with Crippen LogP contribution in [0.15, 0.2) is 0 Å². The Hall–Kier alpha value is -2.73. The molecule has 0 saturated carbocycles. The first kappa shape index (κ1) is 24.3. The van der Waals surface area contributed by atoms with Gasteiger partial charge in [-0.25, -0.2) is 0 Å². The molecule has 1 heterocycles. The number of carbonyl (C=O) groups is 5. The van der Waals surface area contributed by atoms with E-state index >= 15 is 0 Å². The minimum atomic E-state index is -1.84. The van der Waals surface area contributed by atoms with Crippen LogP contribution in [-0.4, -0.2) is 78.4 Å². The second kappa shape index (κ2) is 10.7. The van der Waals surface area contributed by atoms with Crippen LogP contribution >= 0.6 is 0 Å². The smallest absolute Gasteiger partial charge is 0.303 e. The summed E-state index contributed by atoms with van der Waals surface area (Å²) in [5, 5.41) is 10.3. The van der Waals surface area contributed by atoms with E-state index < -0.39 is 73.3 Å². The molecular weight excluding hydrogens is 396 g/mol. The molecule has 1 aliphatic heterocycles. The Balaban J connectivity index is 3.34. The molecule has 0 amide bonds. The van der Waals surface area contributed by atoms with E-state index in [1.54, 1.807) is 0 Å². The number of aliphatic hydroxyl groups is 1. The maximum atomic E-state index is 11.6. The van der Waals surface area contributed by atoms with Crippen LogP contribution in [0.5, 0.6) is 0 Å². The highest BCUT2D eigenvalue weighted by Gasteiger charge is 2.54. The van der Waals surface area contributed by atoms with Gasteiger partial charge in [-0.05, 0) is 0 Å². The molecule has 0 radical (unpaired) electrons. The van der Waals surface area contributed by atoms with Crippen LogP contribution in [0.1, 0.15) is 34.6 Å². The number of hydrogen-bond donors (Lipinski definition) is 1. The largest absolute Gasteiger partial charge is 0.462 e. The van der Waals surface area contributed by atoms with Crippen molar-refractivity contribution in [2.75, 3.05) is 6.61 Å². The summed E-state index contributed by atoms with van der Waals surface area (Å²) in [5.41, 5.74) is 0. The van der Waals surface area contributed by atoms with Crippen LogP contribution in [0.4, 0.5) is 0 Å². The van der Waals surface area contributed by atoms with E-state index in [2.05, 4.69) is 0 Å². The fourth-order valence-corrected chi connectivity index (χ4v) is 2.73. The van der Waals surface area contributed by atoms with Crippen molar-refractivity contribution in [1.82, 2.24) is 0 Å². The van der Waals surface area contributed by atoms with Gasteiger partial charge in [-0.15, -0.1) is 0 Å². The number of hydrogen-bond acceptors (Lipinski definition) is 12. The lowest BCUT2D eigenvalue weighted by Gasteiger charge is -2.44. The highest BCUT2D eigenvalue weighted by Crippen LogP contribution is 2.30. The van der Waals surface area contributed by atoms with Crippen molar-refractivity contribution in [2.45, 2.75) is 71.4 Å². The summed E-state index contributed by atoms with van der Waals surface area (Å²) in [6.07, 6.45) is -9.10. The SMILES string of the molecule is CC(=O)OC[C@@H](OC(C)=O)[C@H]1O[C@@H](O)[C@H](OC(C)=O)[C@H](OC(C)=O)[C@H]1OC(C)=O. The minimum absolute atomic E-state index is 0.505. The van der Waals surface area contributed by atoms with Crippen LogP contribution < -0.4 is 0 Å². The molecule has 0 aromatic rings. The third kappa shape index (κ3) is 7.66. The average Bonchev–Trinajstić information content (AvgIpc) is 2.55. The Labute approximate surface area is 166 Å². The molecule has 1 fully saturated rings. The molecule has 29 heavy (non-hydrogen) atoms. The molecule has 0 spiro atoms. The fourth-order valence-electron chi connectivity index (χ4n) is 2.73. The van der Waals surface area contributed by atoms with Gasteiger partial charge >= 0.3 is 29.8 Å². The molecule has 0 unspecified atom stereocenters. The Morgan fingerprint density at radius 2 is 1.24 bits per heavy atom. The molecule has 1 N–H and O–H groups in total. The number of rotatable bonds is 7. The van der Waals surface area contributed by atoms with Crippen molar-refractivity contribution in [1.29, 1.82) is 0 Å². The topological polar surface area (TPSA) is 161 Å². The molecule has 0 aliphatic carbocycles. The van der Waals surface area contributed by atoms with Crippen LogP contribution in [0.3, 0.4) is 0 Å². The lowest BCUT2D eigenvalue weighted by molar-refractivity contribution is -0.306. The van der Waals surface area contributed by atoms with Crippen LogP contribution in [0.25, 0.3) is 0 Å². The van der Waals surface area contributed by atoms with E-state index in [9.17, 15) is 29.1 Å². The summed E-state index contributed by atoms with van der Waals surface area (Å²) in [4.78, 5) is 57.2. The van der Waals surface area contributed by atoms with Crippen molar-refractivity contribution in [3.63, 3.8) is 0 Å². The van der Waals surface area contributed by atoms with E-state index in [1.165, 1.54) is 0 Å². The summed E-state index contributed by atoms with van der Waals surface area (Å²) >= 11 is 0. The molecule has 1 rings (SSSR count).